The molecule has 5 rings (SSSR count). The maximum atomic E-state index is 6.17. The van der Waals surface area contributed by atoms with Gasteiger partial charge in [-0.3, -0.25) is 0 Å². The summed E-state index contributed by atoms with van der Waals surface area (Å²) in [7, 11) is 0. The van der Waals surface area contributed by atoms with Crippen LogP contribution in [0.4, 0.5) is 0 Å². The normalized spacial score (nSPS) is 35.1. The number of benzene rings is 1. The van der Waals surface area contributed by atoms with Gasteiger partial charge in [-0.05, 0) is 24.3 Å². The minimum Gasteiger partial charge on any atom is -0.323 e. The van der Waals surface area contributed by atoms with Gasteiger partial charge in [-0.15, -0.1) is 0 Å². The van der Waals surface area contributed by atoms with Crippen molar-refractivity contribution in [1.29, 1.82) is 0 Å². The van der Waals surface area contributed by atoms with Gasteiger partial charge in [0.25, 0.3) is 0 Å². The average molecular weight is 460 g/mol. The summed E-state index contributed by atoms with van der Waals surface area (Å²) in [6.45, 7) is 2.26. The minimum absolute atomic E-state index is 0.0685. The largest absolute Gasteiger partial charge is 0.323 e. The van der Waals surface area contributed by atoms with Crippen LogP contribution in [0.2, 0.25) is 0 Å². The number of halogens is 2. The number of ether oxygens (including phenoxy) is 3. The van der Waals surface area contributed by atoms with E-state index in [1.54, 1.807) is 0 Å². The van der Waals surface area contributed by atoms with Gasteiger partial charge in [0.15, 0.2) is 0 Å². The summed E-state index contributed by atoms with van der Waals surface area (Å²) in [5.74, 6) is -0.314. The zero-order valence-corrected chi connectivity index (χ0v) is 17.0. The van der Waals surface area contributed by atoms with Gasteiger partial charge in [-0.25, -0.2) is 0 Å². The highest BCUT2D eigenvalue weighted by molar-refractivity contribution is 9.12. The van der Waals surface area contributed by atoms with Gasteiger partial charge in [-0.1, -0.05) is 75.4 Å². The fraction of sp³-hybridized carbons (Fsp3) is 0.684. The van der Waals surface area contributed by atoms with Crippen molar-refractivity contribution in [1.82, 2.24) is 0 Å². The third-order valence-corrected chi connectivity index (χ3v) is 8.25. The smallest absolute Gasteiger partial charge is 0.312 e. The van der Waals surface area contributed by atoms with Crippen LogP contribution in [-0.4, -0.2) is 25.2 Å². The summed E-state index contributed by atoms with van der Waals surface area (Å²) in [5.41, 5.74) is 2.26. The highest BCUT2D eigenvalue weighted by Crippen LogP contribution is 2.51. The van der Waals surface area contributed by atoms with E-state index in [1.165, 1.54) is 37.7 Å². The first-order chi connectivity index (χ1) is 11.7. The number of fused-ring (bicyclic) bond motifs is 3. The van der Waals surface area contributed by atoms with E-state index < -0.39 is 5.97 Å². The van der Waals surface area contributed by atoms with E-state index >= 15 is 0 Å². The average Bonchev–Trinajstić information content (AvgIpc) is 2.69. The Labute approximate surface area is 160 Å². The molecule has 1 aliphatic carbocycles. The lowest BCUT2D eigenvalue weighted by molar-refractivity contribution is -0.486. The molecule has 0 amide bonds. The van der Waals surface area contributed by atoms with Crippen LogP contribution < -0.4 is 0 Å². The van der Waals surface area contributed by atoms with Crippen LogP contribution in [0.15, 0.2) is 24.3 Å². The van der Waals surface area contributed by atoms with Crippen LogP contribution >= 0.6 is 31.9 Å². The first-order valence-corrected chi connectivity index (χ1v) is 10.9. The third kappa shape index (κ3) is 3.01. The van der Waals surface area contributed by atoms with E-state index in [9.17, 15) is 0 Å². The number of rotatable bonds is 4. The fourth-order valence-corrected chi connectivity index (χ4v) is 4.95. The maximum Gasteiger partial charge on any atom is 0.312 e. The van der Waals surface area contributed by atoms with E-state index in [0.29, 0.717) is 10.7 Å². The summed E-state index contributed by atoms with van der Waals surface area (Å²) < 4.78 is 18.5. The van der Waals surface area contributed by atoms with Crippen LogP contribution in [0.1, 0.15) is 48.1 Å². The standard InChI is InChI=1S/C19H24Br2O3/c20-10-17(21)14-6-8-16(9-7-14)19-22-11-18(12-23-19,13-24-19)15-4-2-1-3-5-15/h6-9,15,17H,1-5,10-13H2. The summed E-state index contributed by atoms with van der Waals surface area (Å²) >= 11 is 7.15. The van der Waals surface area contributed by atoms with Crippen LogP contribution in [0, 0.1) is 11.3 Å². The third-order valence-electron chi connectivity index (χ3n) is 5.88. The highest BCUT2D eigenvalue weighted by Gasteiger charge is 2.56. The van der Waals surface area contributed by atoms with E-state index in [2.05, 4.69) is 56.1 Å². The molecular weight excluding hydrogens is 436 g/mol. The van der Waals surface area contributed by atoms with E-state index in [1.807, 2.05) is 0 Å². The highest BCUT2D eigenvalue weighted by atomic mass is 79.9. The molecule has 1 aromatic rings. The number of alkyl halides is 2. The van der Waals surface area contributed by atoms with Crippen molar-refractivity contribution in [3.8, 4) is 0 Å². The van der Waals surface area contributed by atoms with Gasteiger partial charge in [-0.2, -0.15) is 0 Å². The quantitative estimate of drug-likeness (QED) is 0.574. The van der Waals surface area contributed by atoms with Gasteiger partial charge in [0, 0.05) is 21.1 Å². The molecule has 1 atom stereocenters. The molecule has 0 aromatic heterocycles. The zero-order valence-electron chi connectivity index (χ0n) is 13.8. The Morgan fingerprint density at radius 2 is 1.54 bits per heavy atom. The number of hydrogen-bond acceptors (Lipinski definition) is 3. The molecule has 4 fully saturated rings. The molecule has 1 unspecified atom stereocenters. The van der Waals surface area contributed by atoms with Gasteiger partial charge in [0.05, 0.1) is 19.8 Å². The van der Waals surface area contributed by atoms with E-state index in [-0.39, 0.29) is 5.41 Å². The Bertz CT molecular complexity index is 544. The maximum absolute atomic E-state index is 6.17. The van der Waals surface area contributed by atoms with Gasteiger partial charge >= 0.3 is 5.97 Å². The molecule has 3 saturated heterocycles. The van der Waals surface area contributed by atoms with Crippen molar-refractivity contribution in [3.05, 3.63) is 35.4 Å². The van der Waals surface area contributed by atoms with Gasteiger partial charge in [0.2, 0.25) is 0 Å². The van der Waals surface area contributed by atoms with E-state index in [4.69, 9.17) is 14.2 Å². The first kappa shape index (κ1) is 17.5. The molecule has 2 bridgehead atoms. The number of hydrogen-bond donors (Lipinski definition) is 0. The van der Waals surface area contributed by atoms with Gasteiger partial charge < -0.3 is 14.2 Å². The van der Waals surface area contributed by atoms with Crippen LogP contribution in [0.25, 0.3) is 0 Å². The van der Waals surface area contributed by atoms with Crippen LogP contribution in [-0.2, 0) is 20.2 Å². The lowest BCUT2D eigenvalue weighted by Crippen LogP contribution is -2.61. The van der Waals surface area contributed by atoms with Crippen molar-refractivity contribution < 1.29 is 14.2 Å². The molecular formula is C19H24Br2O3. The SMILES string of the molecule is BrCC(Br)c1ccc(C23OCC(C4CCCCC4)(CO2)CO3)cc1. The lowest BCUT2D eigenvalue weighted by atomic mass is 9.69. The van der Waals surface area contributed by atoms with Crippen LogP contribution in [0.3, 0.4) is 0 Å². The summed E-state index contributed by atoms with van der Waals surface area (Å²) in [5, 5.41) is 0.880. The molecule has 3 nitrogen and oxygen atoms in total. The molecule has 5 heteroatoms. The molecule has 132 valence electrons. The minimum atomic E-state index is -0.995. The molecule has 1 aromatic carbocycles. The summed E-state index contributed by atoms with van der Waals surface area (Å²) in [6, 6.07) is 8.34. The Balaban J connectivity index is 1.49. The first-order valence-electron chi connectivity index (χ1n) is 8.90. The lowest BCUT2D eigenvalue weighted by Gasteiger charge is -2.55. The van der Waals surface area contributed by atoms with Gasteiger partial charge in [0.1, 0.15) is 0 Å². The molecule has 24 heavy (non-hydrogen) atoms. The summed E-state index contributed by atoms with van der Waals surface area (Å²) in [4.78, 5) is 0.309. The zero-order chi connectivity index (χ0) is 16.6. The van der Waals surface area contributed by atoms with Crippen LogP contribution in [0.5, 0.6) is 0 Å². The van der Waals surface area contributed by atoms with Crippen molar-refractivity contribution in [3.63, 3.8) is 0 Å². The molecule has 3 heterocycles. The second-order valence-corrected chi connectivity index (χ2v) is 9.12. The fourth-order valence-electron chi connectivity index (χ4n) is 4.27. The Kier molecular flexibility index (Phi) is 5.09. The molecule has 0 spiro atoms. The Hall–Kier alpha value is 0.0600. The predicted molar refractivity (Wildman–Crippen MR) is 100 cm³/mol. The molecule has 4 aliphatic rings. The second-order valence-electron chi connectivity index (χ2n) is 7.36. The van der Waals surface area contributed by atoms with Crippen molar-refractivity contribution >= 4 is 31.9 Å². The topological polar surface area (TPSA) is 27.7 Å². The molecule has 0 N–H and O–H groups in total. The molecule has 3 aliphatic heterocycles. The van der Waals surface area contributed by atoms with Crippen molar-refractivity contribution in [2.24, 2.45) is 11.3 Å². The van der Waals surface area contributed by atoms with Crippen molar-refractivity contribution in [2.75, 3.05) is 25.2 Å². The van der Waals surface area contributed by atoms with Crippen molar-refractivity contribution in [2.45, 2.75) is 42.9 Å². The second kappa shape index (κ2) is 6.99. The summed E-state index contributed by atoms with van der Waals surface area (Å²) in [6.07, 6.45) is 6.61. The Morgan fingerprint density at radius 1 is 0.958 bits per heavy atom. The molecule has 1 saturated carbocycles. The predicted octanol–water partition coefficient (Wildman–Crippen LogP) is 5.27. The monoisotopic (exact) mass is 458 g/mol. The van der Waals surface area contributed by atoms with E-state index in [0.717, 1.165) is 30.7 Å². The molecule has 0 radical (unpaired) electrons. The Morgan fingerprint density at radius 3 is 2.08 bits per heavy atom.